The summed E-state index contributed by atoms with van der Waals surface area (Å²) in [5.41, 5.74) is 36.1. The Hall–Kier alpha value is -9.96. The van der Waals surface area contributed by atoms with Crippen LogP contribution in [0.2, 0.25) is 0 Å². The molecule has 0 fully saturated rings. The van der Waals surface area contributed by atoms with E-state index in [4.69, 9.17) is 0 Å². The standard InChI is InChI=1S/C85H79N3/c1-55-37-56(2)44-74(43-55)85(75-45-57(3)38-58(4)46-75)73-15-13-67(14-16-73)68-17-27-76(28-18-68)86(77-29-19-69(20-30-77)71-23-33-79(34-24-71)87(81-47-59(5)39-60(6)48-81)82-49-61(7)40-62(8)50-82)78-31-21-70(22-32-78)72-25-35-80(36-26-72)88(83-51-63(9)41-64(10)52-83)84-53-65(11)42-66(12)54-84/h13-54,85H,1-12H3. The van der Waals surface area contributed by atoms with Gasteiger partial charge in [0.1, 0.15) is 0 Å². The van der Waals surface area contributed by atoms with Crippen molar-refractivity contribution in [1.82, 2.24) is 0 Å². The first-order valence-electron chi connectivity index (χ1n) is 30.9. The third-order valence-electron chi connectivity index (χ3n) is 16.9. The van der Waals surface area contributed by atoms with Crippen LogP contribution in [-0.2, 0) is 0 Å². The minimum absolute atomic E-state index is 0.123. The van der Waals surface area contributed by atoms with Crippen LogP contribution >= 0.6 is 0 Å². The summed E-state index contributed by atoms with van der Waals surface area (Å²) in [6, 6.07) is 95.7. The minimum atomic E-state index is 0.123. The number of hydrogen-bond donors (Lipinski definition) is 0. The topological polar surface area (TPSA) is 9.72 Å². The first-order chi connectivity index (χ1) is 42.4. The summed E-state index contributed by atoms with van der Waals surface area (Å²) in [4.78, 5) is 7.15. The zero-order chi connectivity index (χ0) is 61.3. The van der Waals surface area contributed by atoms with E-state index >= 15 is 0 Å². The summed E-state index contributed by atoms with van der Waals surface area (Å²) in [5, 5.41) is 0. The molecule has 0 unspecified atom stereocenters. The average molecular weight is 1140 g/mol. The predicted molar refractivity (Wildman–Crippen MR) is 377 cm³/mol. The zero-order valence-corrected chi connectivity index (χ0v) is 53.2. The Labute approximate surface area is 523 Å². The van der Waals surface area contributed by atoms with Gasteiger partial charge >= 0.3 is 0 Å². The lowest BCUT2D eigenvalue weighted by atomic mass is 9.82. The Balaban J connectivity index is 0.874. The smallest absolute Gasteiger partial charge is 0.0466 e. The molecule has 0 amide bonds. The Morgan fingerprint density at radius 2 is 0.318 bits per heavy atom. The molecule has 0 atom stereocenters. The molecular formula is C85H79N3. The molecule has 0 aliphatic rings. The van der Waals surface area contributed by atoms with Crippen LogP contribution < -0.4 is 14.7 Å². The lowest BCUT2D eigenvalue weighted by Gasteiger charge is -2.27. The fourth-order valence-corrected chi connectivity index (χ4v) is 13.5. The second kappa shape index (κ2) is 24.8. The van der Waals surface area contributed by atoms with Crippen LogP contribution in [0.3, 0.4) is 0 Å². The Bertz CT molecular complexity index is 3740. The van der Waals surface area contributed by atoms with Gasteiger partial charge in [0.15, 0.2) is 0 Å². The Kier molecular flexibility index (Phi) is 16.5. The van der Waals surface area contributed by atoms with Gasteiger partial charge in [-0.25, -0.2) is 0 Å². The molecular weight excluding hydrogens is 1060 g/mol. The lowest BCUT2D eigenvalue weighted by Crippen LogP contribution is -2.11. The molecule has 0 saturated carbocycles. The number of aryl methyl sites for hydroxylation is 12. The van der Waals surface area contributed by atoms with E-state index in [-0.39, 0.29) is 5.92 Å². The fraction of sp³-hybridized carbons (Fsp3) is 0.153. The highest BCUT2D eigenvalue weighted by atomic mass is 15.2. The average Bonchev–Trinajstić information content (AvgIpc) is 1.22. The van der Waals surface area contributed by atoms with Crippen molar-refractivity contribution in [3.8, 4) is 33.4 Å². The summed E-state index contributed by atoms with van der Waals surface area (Å²) in [6.45, 7) is 26.3. The van der Waals surface area contributed by atoms with Crippen LogP contribution in [0.25, 0.3) is 33.4 Å². The molecule has 3 heteroatoms. The highest BCUT2D eigenvalue weighted by molar-refractivity contribution is 5.84. The van der Waals surface area contributed by atoms with Crippen molar-refractivity contribution >= 4 is 51.2 Å². The van der Waals surface area contributed by atoms with E-state index in [2.05, 4.69) is 353 Å². The normalized spacial score (nSPS) is 11.3. The number of hydrogen-bond acceptors (Lipinski definition) is 3. The van der Waals surface area contributed by atoms with Gasteiger partial charge in [0.2, 0.25) is 0 Å². The summed E-state index contributed by atoms with van der Waals surface area (Å²) in [5.74, 6) is 0.123. The van der Waals surface area contributed by atoms with Crippen LogP contribution in [0.5, 0.6) is 0 Å². The van der Waals surface area contributed by atoms with E-state index in [9.17, 15) is 0 Å². The van der Waals surface area contributed by atoms with Crippen molar-refractivity contribution < 1.29 is 0 Å². The molecule has 88 heavy (non-hydrogen) atoms. The first kappa shape index (κ1) is 58.4. The van der Waals surface area contributed by atoms with Gasteiger partial charge in [0.05, 0.1) is 0 Å². The van der Waals surface area contributed by atoms with Gasteiger partial charge in [-0.3, -0.25) is 0 Å². The second-order valence-corrected chi connectivity index (χ2v) is 25.0. The molecule has 0 saturated heterocycles. The van der Waals surface area contributed by atoms with Crippen LogP contribution in [0, 0.1) is 83.1 Å². The SMILES string of the molecule is Cc1cc(C)cc(C(c2ccc(-c3ccc(N(c4ccc(-c5ccc(N(c6cc(C)cc(C)c6)c6cc(C)cc(C)c6)cc5)cc4)c4ccc(-c5ccc(N(c6cc(C)cc(C)c6)c6cc(C)cc(C)c6)cc5)cc4)cc3)cc2)c2cc(C)cc(C)c2)c1. The molecule has 3 nitrogen and oxygen atoms in total. The van der Waals surface area contributed by atoms with Crippen molar-refractivity contribution in [3.63, 3.8) is 0 Å². The molecule has 0 aliphatic carbocycles. The van der Waals surface area contributed by atoms with Crippen molar-refractivity contribution in [3.05, 3.63) is 338 Å². The zero-order valence-electron chi connectivity index (χ0n) is 53.2. The van der Waals surface area contributed by atoms with Gasteiger partial charge in [-0.1, -0.05) is 168 Å². The maximum atomic E-state index is 2.38. The van der Waals surface area contributed by atoms with Gasteiger partial charge in [-0.15, -0.1) is 0 Å². The van der Waals surface area contributed by atoms with Gasteiger partial charge in [0, 0.05) is 57.1 Å². The number of benzene rings is 12. The van der Waals surface area contributed by atoms with Crippen molar-refractivity contribution in [1.29, 1.82) is 0 Å². The molecule has 12 aromatic carbocycles. The third-order valence-corrected chi connectivity index (χ3v) is 16.9. The second-order valence-electron chi connectivity index (χ2n) is 25.0. The quantitative estimate of drug-likeness (QED) is 0.0948. The molecule has 0 radical (unpaired) electrons. The summed E-state index contributed by atoms with van der Waals surface area (Å²) < 4.78 is 0. The van der Waals surface area contributed by atoms with Crippen LogP contribution in [0.4, 0.5) is 51.2 Å². The molecule has 0 spiro atoms. The molecule has 434 valence electrons. The maximum Gasteiger partial charge on any atom is 0.0466 e. The van der Waals surface area contributed by atoms with Crippen LogP contribution in [-0.4, -0.2) is 0 Å². The summed E-state index contributed by atoms with van der Waals surface area (Å²) >= 11 is 0. The Morgan fingerprint density at radius 1 is 0.159 bits per heavy atom. The van der Waals surface area contributed by atoms with E-state index in [0.717, 1.165) is 73.4 Å². The first-order valence-corrected chi connectivity index (χ1v) is 30.9. The lowest BCUT2D eigenvalue weighted by molar-refractivity contribution is 0.965. The van der Waals surface area contributed by atoms with Gasteiger partial charge in [0.25, 0.3) is 0 Å². The van der Waals surface area contributed by atoms with Crippen LogP contribution in [0.15, 0.2) is 255 Å². The molecule has 0 heterocycles. The fourth-order valence-electron chi connectivity index (χ4n) is 13.5. The van der Waals surface area contributed by atoms with Crippen molar-refractivity contribution in [2.45, 2.75) is 89.0 Å². The molecule has 0 bridgehead atoms. The van der Waals surface area contributed by atoms with E-state index < -0.39 is 0 Å². The number of rotatable bonds is 15. The predicted octanol–water partition coefficient (Wildman–Crippen LogP) is 24.0. The van der Waals surface area contributed by atoms with Crippen molar-refractivity contribution in [2.75, 3.05) is 14.7 Å². The van der Waals surface area contributed by atoms with E-state index in [0.29, 0.717) is 0 Å². The highest BCUT2D eigenvalue weighted by Crippen LogP contribution is 2.43. The highest BCUT2D eigenvalue weighted by Gasteiger charge is 2.21. The molecule has 0 N–H and O–H groups in total. The largest absolute Gasteiger partial charge is 0.311 e. The molecule has 12 rings (SSSR count). The Morgan fingerprint density at radius 3 is 0.511 bits per heavy atom. The van der Waals surface area contributed by atoms with E-state index in [1.807, 2.05) is 0 Å². The maximum absolute atomic E-state index is 2.38. The third kappa shape index (κ3) is 12.9. The van der Waals surface area contributed by atoms with Gasteiger partial charge in [-0.05, 0) is 287 Å². The summed E-state index contributed by atoms with van der Waals surface area (Å²) in [7, 11) is 0. The number of nitrogens with zero attached hydrogens (tertiary/aromatic N) is 3. The molecule has 0 aromatic heterocycles. The van der Waals surface area contributed by atoms with E-state index in [1.54, 1.807) is 0 Å². The minimum Gasteiger partial charge on any atom is -0.311 e. The molecule has 0 aliphatic heterocycles. The molecule has 12 aromatic rings. The summed E-state index contributed by atoms with van der Waals surface area (Å²) in [6.07, 6.45) is 0. The van der Waals surface area contributed by atoms with Gasteiger partial charge < -0.3 is 14.7 Å². The van der Waals surface area contributed by atoms with E-state index in [1.165, 1.54) is 94.6 Å². The van der Waals surface area contributed by atoms with Crippen LogP contribution in [0.1, 0.15) is 89.4 Å². The monoisotopic (exact) mass is 1140 g/mol. The number of anilines is 9. The van der Waals surface area contributed by atoms with Gasteiger partial charge in [-0.2, -0.15) is 0 Å². The van der Waals surface area contributed by atoms with Crippen molar-refractivity contribution in [2.24, 2.45) is 0 Å².